The predicted octanol–water partition coefficient (Wildman–Crippen LogP) is -1.56. The Labute approximate surface area is 69.8 Å². The highest BCUT2D eigenvalue weighted by Crippen LogP contribution is 2.03. The summed E-state index contributed by atoms with van der Waals surface area (Å²) in [5, 5.41) is 2.98. The molecule has 0 aromatic carbocycles. The molecular weight excluding hydrogens is 160 g/mol. The second-order valence-electron chi connectivity index (χ2n) is 2.63. The smallest absolute Gasteiger partial charge is 0.330 e. The number of rotatable bonds is 1. The maximum Gasteiger partial charge on any atom is 0.330 e. The fraction of sp³-hybridized carbons (Fsp3) is 0.667. The van der Waals surface area contributed by atoms with Gasteiger partial charge in [0.2, 0.25) is 0 Å². The Morgan fingerprint density at radius 3 is 2.67 bits per heavy atom. The van der Waals surface area contributed by atoms with E-state index in [0.29, 0.717) is 0 Å². The van der Waals surface area contributed by atoms with Crippen molar-refractivity contribution in [3.8, 4) is 0 Å². The first-order valence-electron chi connectivity index (χ1n) is 3.79. The van der Waals surface area contributed by atoms with E-state index < -0.39 is 6.03 Å². The third kappa shape index (κ3) is 2.39. The van der Waals surface area contributed by atoms with Crippen molar-refractivity contribution in [2.24, 2.45) is 5.73 Å². The zero-order chi connectivity index (χ0) is 8.97. The van der Waals surface area contributed by atoms with Gasteiger partial charge in [-0.15, -0.1) is 0 Å². The van der Waals surface area contributed by atoms with Gasteiger partial charge in [0.15, 0.2) is 0 Å². The van der Waals surface area contributed by atoms with Gasteiger partial charge >= 0.3 is 6.03 Å². The quantitative estimate of drug-likeness (QED) is 0.360. The van der Waals surface area contributed by atoms with E-state index in [9.17, 15) is 9.59 Å². The molecular formula is C6H12N4O2. The lowest BCUT2D eigenvalue weighted by molar-refractivity contribution is -0.123. The zero-order valence-corrected chi connectivity index (χ0v) is 6.59. The van der Waals surface area contributed by atoms with Gasteiger partial charge in [-0.3, -0.25) is 10.2 Å². The molecule has 1 saturated heterocycles. The highest BCUT2D eigenvalue weighted by Gasteiger charge is 2.21. The SMILES string of the molecule is NC(=O)NNC(=O)[C@@H]1CCCN1. The van der Waals surface area contributed by atoms with Crippen LogP contribution >= 0.6 is 0 Å². The average Bonchev–Trinajstić information content (AvgIpc) is 2.51. The molecule has 12 heavy (non-hydrogen) atoms. The van der Waals surface area contributed by atoms with Crippen LogP contribution in [-0.2, 0) is 4.79 Å². The molecule has 0 aliphatic carbocycles. The third-order valence-electron chi connectivity index (χ3n) is 1.69. The Bertz CT molecular complexity index is 188. The Morgan fingerprint density at radius 1 is 1.42 bits per heavy atom. The van der Waals surface area contributed by atoms with Crippen molar-refractivity contribution in [3.05, 3.63) is 0 Å². The summed E-state index contributed by atoms with van der Waals surface area (Å²) in [6, 6.07) is -0.960. The van der Waals surface area contributed by atoms with E-state index in [1.165, 1.54) is 0 Å². The van der Waals surface area contributed by atoms with Gasteiger partial charge < -0.3 is 11.1 Å². The number of nitrogens with two attached hydrogens (primary N) is 1. The van der Waals surface area contributed by atoms with Gasteiger partial charge in [0, 0.05) is 0 Å². The van der Waals surface area contributed by atoms with E-state index in [2.05, 4.69) is 10.7 Å². The molecule has 0 radical (unpaired) electrons. The molecule has 0 aromatic heterocycles. The molecule has 1 atom stereocenters. The number of hydrogen-bond acceptors (Lipinski definition) is 3. The molecule has 0 saturated carbocycles. The van der Waals surface area contributed by atoms with Gasteiger partial charge in [-0.05, 0) is 19.4 Å². The second-order valence-corrected chi connectivity index (χ2v) is 2.63. The summed E-state index contributed by atoms with van der Waals surface area (Å²) in [6.07, 6.45) is 1.78. The van der Waals surface area contributed by atoms with Crippen LogP contribution in [0.2, 0.25) is 0 Å². The summed E-state index contributed by atoms with van der Waals surface area (Å²) in [6.45, 7) is 0.842. The van der Waals surface area contributed by atoms with Crippen molar-refractivity contribution in [1.29, 1.82) is 0 Å². The summed E-state index contributed by atoms with van der Waals surface area (Å²) in [5.74, 6) is -0.244. The number of urea groups is 1. The van der Waals surface area contributed by atoms with E-state index in [0.717, 1.165) is 19.4 Å². The average molecular weight is 172 g/mol. The molecule has 1 fully saturated rings. The molecule has 1 rings (SSSR count). The van der Waals surface area contributed by atoms with Crippen molar-refractivity contribution < 1.29 is 9.59 Å². The van der Waals surface area contributed by atoms with Crippen LogP contribution < -0.4 is 21.9 Å². The number of carbonyl (C=O) groups is 2. The summed E-state index contributed by atoms with van der Waals surface area (Å²) in [7, 11) is 0. The summed E-state index contributed by atoms with van der Waals surface area (Å²) < 4.78 is 0. The summed E-state index contributed by atoms with van der Waals surface area (Å²) >= 11 is 0. The van der Waals surface area contributed by atoms with Crippen molar-refractivity contribution in [3.63, 3.8) is 0 Å². The highest BCUT2D eigenvalue weighted by molar-refractivity contribution is 5.84. The number of hydrazine groups is 1. The van der Waals surface area contributed by atoms with Crippen LogP contribution in [0.1, 0.15) is 12.8 Å². The van der Waals surface area contributed by atoms with Crippen molar-refractivity contribution in [2.75, 3.05) is 6.54 Å². The van der Waals surface area contributed by atoms with Crippen LogP contribution in [0.3, 0.4) is 0 Å². The van der Waals surface area contributed by atoms with Crippen LogP contribution in [0.15, 0.2) is 0 Å². The monoisotopic (exact) mass is 172 g/mol. The zero-order valence-electron chi connectivity index (χ0n) is 6.59. The third-order valence-corrected chi connectivity index (χ3v) is 1.69. The Morgan fingerprint density at radius 2 is 2.17 bits per heavy atom. The normalized spacial score (nSPS) is 21.8. The van der Waals surface area contributed by atoms with Gasteiger partial charge in [-0.25, -0.2) is 10.2 Å². The molecule has 0 bridgehead atoms. The lowest BCUT2D eigenvalue weighted by atomic mass is 10.2. The van der Waals surface area contributed by atoms with E-state index in [-0.39, 0.29) is 11.9 Å². The van der Waals surface area contributed by atoms with E-state index >= 15 is 0 Å². The molecule has 3 amide bonds. The summed E-state index contributed by atoms with van der Waals surface area (Å²) in [4.78, 5) is 21.3. The molecule has 1 aliphatic heterocycles. The minimum Gasteiger partial charge on any atom is -0.350 e. The standard InChI is InChI=1S/C6H12N4O2/c7-6(12)10-9-5(11)4-2-1-3-8-4/h4,8H,1-3H2,(H,9,11)(H3,7,10,12)/t4-/m0/s1. The molecule has 0 spiro atoms. The van der Waals surface area contributed by atoms with Gasteiger partial charge in [0.1, 0.15) is 0 Å². The minimum atomic E-state index is -0.763. The molecule has 0 unspecified atom stereocenters. The van der Waals surface area contributed by atoms with Crippen LogP contribution in [0.25, 0.3) is 0 Å². The number of amides is 3. The molecule has 1 heterocycles. The Balaban J connectivity index is 2.23. The number of nitrogens with one attached hydrogen (secondary N) is 3. The van der Waals surface area contributed by atoms with Gasteiger partial charge in [-0.2, -0.15) is 0 Å². The van der Waals surface area contributed by atoms with Crippen LogP contribution in [0.4, 0.5) is 4.79 Å². The number of hydrogen-bond donors (Lipinski definition) is 4. The first-order chi connectivity index (χ1) is 5.70. The topological polar surface area (TPSA) is 96.2 Å². The largest absolute Gasteiger partial charge is 0.350 e. The first kappa shape index (κ1) is 8.79. The van der Waals surface area contributed by atoms with Crippen molar-refractivity contribution in [1.82, 2.24) is 16.2 Å². The second kappa shape index (κ2) is 3.91. The number of primary amides is 1. The fourth-order valence-electron chi connectivity index (χ4n) is 1.12. The first-order valence-corrected chi connectivity index (χ1v) is 3.79. The summed E-state index contributed by atoms with van der Waals surface area (Å²) in [5.41, 5.74) is 8.97. The Hall–Kier alpha value is -1.30. The van der Waals surface area contributed by atoms with Crippen molar-refractivity contribution >= 4 is 11.9 Å². The minimum absolute atomic E-state index is 0.197. The Kier molecular flexibility index (Phi) is 2.87. The molecule has 5 N–H and O–H groups in total. The number of carbonyl (C=O) groups excluding carboxylic acids is 2. The van der Waals surface area contributed by atoms with Gasteiger partial charge in [0.05, 0.1) is 6.04 Å². The molecule has 1 aliphatic rings. The fourth-order valence-corrected chi connectivity index (χ4v) is 1.12. The van der Waals surface area contributed by atoms with E-state index in [1.54, 1.807) is 0 Å². The lowest BCUT2D eigenvalue weighted by Crippen LogP contribution is -2.50. The van der Waals surface area contributed by atoms with Crippen LogP contribution in [0, 0.1) is 0 Å². The van der Waals surface area contributed by atoms with Crippen molar-refractivity contribution in [2.45, 2.75) is 18.9 Å². The van der Waals surface area contributed by atoms with Gasteiger partial charge in [0.25, 0.3) is 5.91 Å². The van der Waals surface area contributed by atoms with E-state index in [4.69, 9.17) is 5.73 Å². The maximum absolute atomic E-state index is 11.1. The van der Waals surface area contributed by atoms with Crippen LogP contribution in [-0.4, -0.2) is 24.5 Å². The van der Waals surface area contributed by atoms with Gasteiger partial charge in [-0.1, -0.05) is 0 Å². The molecule has 6 heteroatoms. The van der Waals surface area contributed by atoms with Crippen LogP contribution in [0.5, 0.6) is 0 Å². The highest BCUT2D eigenvalue weighted by atomic mass is 16.2. The molecule has 0 aromatic rings. The maximum atomic E-state index is 11.1. The lowest BCUT2D eigenvalue weighted by Gasteiger charge is -2.09. The molecule has 68 valence electrons. The predicted molar refractivity (Wildman–Crippen MR) is 41.9 cm³/mol. The van der Waals surface area contributed by atoms with E-state index in [1.807, 2.05) is 5.43 Å². The molecule has 6 nitrogen and oxygen atoms in total.